The topological polar surface area (TPSA) is 81.6 Å². The van der Waals surface area contributed by atoms with Crippen LogP contribution in [0.3, 0.4) is 0 Å². The molecule has 1 saturated carbocycles. The molecule has 1 heterocycles. The highest BCUT2D eigenvalue weighted by molar-refractivity contribution is 7.88. The molecule has 2 atom stereocenters. The van der Waals surface area contributed by atoms with Crippen LogP contribution in [0.5, 0.6) is 0 Å². The number of nitrogens with one attached hydrogen (secondary N) is 2. The fourth-order valence-corrected chi connectivity index (χ4v) is 6.58. The number of ether oxygens (including phenoxy) is 2. The minimum atomic E-state index is -1.52. The van der Waals surface area contributed by atoms with Crippen molar-refractivity contribution in [2.24, 2.45) is 7.05 Å². The van der Waals surface area contributed by atoms with Gasteiger partial charge in [0.1, 0.15) is 22.6 Å². The van der Waals surface area contributed by atoms with Crippen molar-refractivity contribution in [1.82, 2.24) is 4.57 Å². The molecule has 0 saturated heterocycles. The summed E-state index contributed by atoms with van der Waals surface area (Å²) in [5.41, 5.74) is 3.98. The summed E-state index contributed by atoms with van der Waals surface area (Å²) in [7, 11) is 0.103. The Morgan fingerprint density at radius 1 is 0.932 bits per heavy atom. The Kier molecular flexibility index (Phi) is 10.3. The summed E-state index contributed by atoms with van der Waals surface area (Å²) in [6, 6.07) is 26.6. The summed E-state index contributed by atoms with van der Waals surface area (Å²) in [6.45, 7) is 4.92. The van der Waals surface area contributed by atoms with Crippen LogP contribution in [0.25, 0.3) is 0 Å². The third kappa shape index (κ3) is 7.83. The number of aryl methyl sites for hydroxylation is 2. The van der Waals surface area contributed by atoms with E-state index < -0.39 is 21.5 Å². The molecule has 232 valence electrons. The number of pyridine rings is 1. The quantitative estimate of drug-likeness (QED) is 0.151. The van der Waals surface area contributed by atoms with Crippen molar-refractivity contribution in [1.29, 1.82) is 0 Å². The number of halogens is 1. The molecule has 7 nitrogen and oxygen atoms in total. The van der Waals surface area contributed by atoms with Gasteiger partial charge in [0.2, 0.25) is 0 Å². The van der Waals surface area contributed by atoms with E-state index in [-0.39, 0.29) is 17.4 Å². The van der Waals surface area contributed by atoms with Crippen molar-refractivity contribution in [2.75, 3.05) is 16.6 Å². The number of benzene rings is 3. The normalized spacial score (nSPS) is 15.0. The summed E-state index contributed by atoms with van der Waals surface area (Å²) in [6.07, 6.45) is 2.49. The maximum Gasteiger partial charge on any atom is 0.254 e. The Balaban J connectivity index is 1.33. The molecular formula is C35H40FN3O4S. The molecule has 0 bridgehead atoms. The fraction of sp³-hybridized carbons (Fsp3) is 0.343. The van der Waals surface area contributed by atoms with Gasteiger partial charge in [0.05, 0.1) is 42.0 Å². The van der Waals surface area contributed by atoms with Crippen LogP contribution in [-0.4, -0.2) is 26.2 Å². The standard InChI is InChI=1S/C35H40FN3O4S/c1-4-26-15-16-31(30(36)20-26)37-33-32(19-25(2)34(40)39(33)3)38-44(41)35(17-18-35)21-29(43-23-28-13-9-6-10-14-28)24-42-22-27-11-7-5-8-12-27/h5-16,19-20,29,37-38H,4,17-18,21-24H2,1-3H3. The Morgan fingerprint density at radius 3 is 2.20 bits per heavy atom. The lowest BCUT2D eigenvalue weighted by Gasteiger charge is -2.25. The van der Waals surface area contributed by atoms with Crippen LogP contribution < -0.4 is 15.6 Å². The Labute approximate surface area is 261 Å². The molecule has 0 amide bonds. The van der Waals surface area contributed by atoms with Gasteiger partial charge in [-0.2, -0.15) is 0 Å². The molecule has 0 spiro atoms. The average Bonchev–Trinajstić information content (AvgIpc) is 3.83. The lowest BCUT2D eigenvalue weighted by Crippen LogP contribution is -2.33. The fourth-order valence-electron chi connectivity index (χ4n) is 5.19. The highest BCUT2D eigenvalue weighted by atomic mass is 32.2. The van der Waals surface area contributed by atoms with E-state index in [1.54, 1.807) is 26.1 Å². The minimum absolute atomic E-state index is 0.222. The van der Waals surface area contributed by atoms with Gasteiger partial charge in [0.15, 0.2) is 0 Å². The van der Waals surface area contributed by atoms with Crippen LogP contribution in [0.1, 0.15) is 48.4 Å². The molecule has 1 aliphatic carbocycles. The number of nitrogens with zero attached hydrogens (tertiary/aromatic N) is 1. The van der Waals surface area contributed by atoms with Gasteiger partial charge in [-0.1, -0.05) is 73.7 Å². The predicted octanol–water partition coefficient (Wildman–Crippen LogP) is 6.94. The van der Waals surface area contributed by atoms with Crippen LogP contribution in [-0.2, 0) is 47.1 Å². The summed E-state index contributed by atoms with van der Waals surface area (Å²) in [5, 5.41) is 3.07. The van der Waals surface area contributed by atoms with Crippen molar-refractivity contribution in [3.63, 3.8) is 0 Å². The van der Waals surface area contributed by atoms with E-state index >= 15 is 0 Å². The van der Waals surface area contributed by atoms with E-state index in [1.807, 2.05) is 73.7 Å². The molecule has 0 radical (unpaired) electrons. The molecule has 3 aromatic carbocycles. The summed E-state index contributed by atoms with van der Waals surface area (Å²) >= 11 is 0. The summed E-state index contributed by atoms with van der Waals surface area (Å²) < 4.78 is 45.4. The van der Waals surface area contributed by atoms with Gasteiger partial charge in [-0.05, 0) is 67.5 Å². The number of anilines is 3. The maximum atomic E-state index is 14.9. The molecule has 2 N–H and O–H groups in total. The van der Waals surface area contributed by atoms with Crippen molar-refractivity contribution in [2.45, 2.75) is 63.6 Å². The van der Waals surface area contributed by atoms with Crippen LogP contribution >= 0.6 is 0 Å². The van der Waals surface area contributed by atoms with Crippen LogP contribution in [0.2, 0.25) is 0 Å². The lowest BCUT2D eigenvalue weighted by atomic mass is 10.1. The zero-order valence-electron chi connectivity index (χ0n) is 25.5. The molecule has 9 heteroatoms. The molecular weight excluding hydrogens is 577 g/mol. The Hall–Kier alpha value is -3.79. The lowest BCUT2D eigenvalue weighted by molar-refractivity contribution is -0.0343. The highest BCUT2D eigenvalue weighted by Crippen LogP contribution is 2.47. The third-order valence-electron chi connectivity index (χ3n) is 8.04. The molecule has 0 aliphatic heterocycles. The van der Waals surface area contributed by atoms with Gasteiger partial charge in [-0.25, -0.2) is 8.60 Å². The Bertz CT molecular complexity index is 1640. The van der Waals surface area contributed by atoms with Crippen LogP contribution in [0, 0.1) is 12.7 Å². The van der Waals surface area contributed by atoms with E-state index in [9.17, 15) is 13.4 Å². The number of hydrogen-bond donors (Lipinski definition) is 2. The number of rotatable bonds is 15. The first-order chi connectivity index (χ1) is 21.3. The minimum Gasteiger partial charge on any atom is -0.374 e. The second-order valence-corrected chi connectivity index (χ2v) is 13.0. The molecule has 1 fully saturated rings. The van der Waals surface area contributed by atoms with Crippen molar-refractivity contribution < 1.29 is 18.1 Å². The van der Waals surface area contributed by atoms with Crippen molar-refractivity contribution in [3.8, 4) is 0 Å². The van der Waals surface area contributed by atoms with Crippen molar-refractivity contribution in [3.05, 3.63) is 123 Å². The van der Waals surface area contributed by atoms with Crippen LogP contribution in [0.4, 0.5) is 21.6 Å². The SMILES string of the molecule is CCc1ccc(Nc2c(NS(=O)C3(CC(COCc4ccccc4)OCc4ccccc4)CC3)cc(C)c(=O)n2C)c(F)c1. The monoisotopic (exact) mass is 617 g/mol. The van der Waals surface area contributed by atoms with E-state index in [0.29, 0.717) is 49.7 Å². The molecule has 1 aromatic heterocycles. The zero-order valence-corrected chi connectivity index (χ0v) is 26.3. The average molecular weight is 618 g/mol. The number of hydrogen-bond acceptors (Lipinski definition) is 5. The highest BCUT2D eigenvalue weighted by Gasteiger charge is 2.51. The third-order valence-corrected chi connectivity index (χ3v) is 9.80. The summed E-state index contributed by atoms with van der Waals surface area (Å²) in [4.78, 5) is 12.8. The predicted molar refractivity (Wildman–Crippen MR) is 175 cm³/mol. The van der Waals surface area contributed by atoms with Crippen LogP contribution in [0.15, 0.2) is 89.7 Å². The molecule has 44 heavy (non-hydrogen) atoms. The second kappa shape index (κ2) is 14.3. The first-order valence-corrected chi connectivity index (χ1v) is 16.1. The van der Waals surface area contributed by atoms with E-state index in [0.717, 1.165) is 29.5 Å². The number of aromatic nitrogens is 1. The summed E-state index contributed by atoms with van der Waals surface area (Å²) in [5.74, 6) is -0.0759. The van der Waals surface area contributed by atoms with Gasteiger partial charge < -0.3 is 19.5 Å². The molecule has 1 aliphatic rings. The van der Waals surface area contributed by atoms with Gasteiger partial charge in [-0.15, -0.1) is 0 Å². The maximum absolute atomic E-state index is 14.9. The molecule has 5 rings (SSSR count). The van der Waals surface area contributed by atoms with Gasteiger partial charge in [-0.3, -0.25) is 9.36 Å². The molecule has 2 unspecified atom stereocenters. The zero-order chi connectivity index (χ0) is 31.1. The van der Waals surface area contributed by atoms with E-state index in [2.05, 4.69) is 10.0 Å². The smallest absolute Gasteiger partial charge is 0.254 e. The van der Waals surface area contributed by atoms with Crippen molar-refractivity contribution >= 4 is 28.2 Å². The van der Waals surface area contributed by atoms with E-state index in [1.165, 1.54) is 10.6 Å². The second-order valence-electron chi connectivity index (χ2n) is 11.4. The Morgan fingerprint density at radius 2 is 1.59 bits per heavy atom. The first-order valence-electron chi connectivity index (χ1n) is 15.0. The van der Waals surface area contributed by atoms with E-state index in [4.69, 9.17) is 9.47 Å². The van der Waals surface area contributed by atoms with Gasteiger partial charge in [0, 0.05) is 12.6 Å². The molecule has 4 aromatic rings. The first kappa shape index (κ1) is 31.6. The largest absolute Gasteiger partial charge is 0.374 e. The van der Waals surface area contributed by atoms with Gasteiger partial charge >= 0.3 is 0 Å². The van der Waals surface area contributed by atoms with Gasteiger partial charge in [0.25, 0.3) is 5.56 Å².